The molecule has 2 fully saturated rings. The Kier molecular flexibility index (Phi) is 6.95. The van der Waals surface area contributed by atoms with Gasteiger partial charge in [-0.1, -0.05) is 6.92 Å². The summed E-state index contributed by atoms with van der Waals surface area (Å²) >= 11 is 0. The summed E-state index contributed by atoms with van der Waals surface area (Å²) in [5, 5.41) is 0. The van der Waals surface area contributed by atoms with Gasteiger partial charge in [-0.25, -0.2) is 0 Å². The van der Waals surface area contributed by atoms with E-state index in [1.807, 2.05) is 0 Å². The van der Waals surface area contributed by atoms with Gasteiger partial charge in [-0.05, 0) is 58.5 Å². The third kappa shape index (κ3) is 5.76. The topological polar surface area (TPSA) is 49.6 Å². The van der Waals surface area contributed by atoms with Crippen molar-refractivity contribution in [3.63, 3.8) is 0 Å². The van der Waals surface area contributed by atoms with E-state index in [9.17, 15) is 4.79 Å². The molecular formula is C16H32ClN3O. The fraction of sp³-hybridized carbons (Fsp3) is 0.938. The van der Waals surface area contributed by atoms with Gasteiger partial charge in [0.05, 0.1) is 0 Å². The van der Waals surface area contributed by atoms with Crippen molar-refractivity contribution in [3.05, 3.63) is 0 Å². The van der Waals surface area contributed by atoms with Crippen molar-refractivity contribution < 1.29 is 4.79 Å². The number of piperidine rings is 2. The largest absolute Gasteiger partial charge is 0.342 e. The normalized spacial score (nSPS) is 23.0. The number of likely N-dealkylation sites (tertiary alicyclic amines) is 2. The Morgan fingerprint density at radius 1 is 1.10 bits per heavy atom. The second-order valence-electron chi connectivity index (χ2n) is 7.55. The summed E-state index contributed by atoms with van der Waals surface area (Å²) in [6, 6.07) is 0. The third-order valence-electron chi connectivity index (χ3n) is 4.66. The zero-order chi connectivity index (χ0) is 14.8. The van der Waals surface area contributed by atoms with E-state index < -0.39 is 0 Å². The minimum Gasteiger partial charge on any atom is -0.342 e. The molecule has 4 nitrogen and oxygen atoms in total. The highest BCUT2D eigenvalue weighted by molar-refractivity contribution is 5.85. The molecule has 0 spiro atoms. The molecule has 0 aromatic heterocycles. The number of nitrogens with two attached hydrogens (primary N) is 1. The van der Waals surface area contributed by atoms with Crippen LogP contribution in [0, 0.1) is 11.8 Å². The minimum absolute atomic E-state index is 0. The molecule has 124 valence electrons. The van der Waals surface area contributed by atoms with Crippen LogP contribution in [0.25, 0.3) is 0 Å². The van der Waals surface area contributed by atoms with Crippen LogP contribution in [0.5, 0.6) is 0 Å². The molecular weight excluding hydrogens is 286 g/mol. The lowest BCUT2D eigenvalue weighted by Gasteiger charge is -2.38. The van der Waals surface area contributed by atoms with Gasteiger partial charge >= 0.3 is 0 Å². The summed E-state index contributed by atoms with van der Waals surface area (Å²) in [6.07, 6.45) is 4.35. The van der Waals surface area contributed by atoms with Crippen LogP contribution in [-0.4, -0.2) is 54.0 Å². The Bertz CT molecular complexity index is 327. The standard InChI is InChI=1S/C16H31N3O.ClH/c1-13-4-10-19(11-5-13)15(20)14-6-8-18(9-7-14)12-16(2,3)17;/h13-14H,4-12,17H2,1-3H3;1H. The summed E-state index contributed by atoms with van der Waals surface area (Å²) < 4.78 is 0. The second-order valence-corrected chi connectivity index (χ2v) is 7.55. The summed E-state index contributed by atoms with van der Waals surface area (Å²) in [6.45, 7) is 11.3. The van der Waals surface area contributed by atoms with Gasteiger partial charge in [-0.15, -0.1) is 12.4 Å². The Hall–Kier alpha value is -0.320. The number of rotatable bonds is 3. The predicted molar refractivity (Wildman–Crippen MR) is 89.7 cm³/mol. The average molecular weight is 318 g/mol. The van der Waals surface area contributed by atoms with Crippen molar-refractivity contribution in [1.82, 2.24) is 9.80 Å². The first kappa shape index (κ1) is 18.7. The lowest BCUT2D eigenvalue weighted by molar-refractivity contribution is -0.138. The van der Waals surface area contributed by atoms with Gasteiger partial charge in [-0.2, -0.15) is 0 Å². The number of hydrogen-bond donors (Lipinski definition) is 1. The molecule has 0 aliphatic carbocycles. The first-order chi connectivity index (χ1) is 9.35. The number of halogens is 1. The average Bonchev–Trinajstić information content (AvgIpc) is 2.38. The number of carbonyl (C=O) groups excluding carboxylic acids is 1. The van der Waals surface area contributed by atoms with Crippen molar-refractivity contribution >= 4 is 18.3 Å². The van der Waals surface area contributed by atoms with E-state index in [0.29, 0.717) is 5.91 Å². The molecule has 21 heavy (non-hydrogen) atoms. The number of nitrogens with zero attached hydrogens (tertiary/aromatic N) is 2. The van der Waals surface area contributed by atoms with E-state index in [0.717, 1.165) is 51.5 Å². The van der Waals surface area contributed by atoms with E-state index in [1.54, 1.807) is 0 Å². The predicted octanol–water partition coefficient (Wildman–Crippen LogP) is 2.12. The maximum Gasteiger partial charge on any atom is 0.225 e. The first-order valence-corrected chi connectivity index (χ1v) is 8.15. The van der Waals surface area contributed by atoms with Crippen LogP contribution in [0.1, 0.15) is 46.5 Å². The Morgan fingerprint density at radius 3 is 2.10 bits per heavy atom. The highest BCUT2D eigenvalue weighted by atomic mass is 35.5. The summed E-state index contributed by atoms with van der Waals surface area (Å²) in [5.74, 6) is 1.44. The van der Waals surface area contributed by atoms with Crippen LogP contribution in [-0.2, 0) is 4.79 Å². The fourth-order valence-electron chi connectivity index (χ4n) is 3.40. The zero-order valence-electron chi connectivity index (χ0n) is 13.8. The Labute approximate surface area is 135 Å². The summed E-state index contributed by atoms with van der Waals surface area (Å²) in [4.78, 5) is 17.0. The number of amides is 1. The minimum atomic E-state index is -0.139. The van der Waals surface area contributed by atoms with Gasteiger partial charge in [0.15, 0.2) is 0 Å². The summed E-state index contributed by atoms with van der Waals surface area (Å²) in [7, 11) is 0. The molecule has 0 aromatic rings. The van der Waals surface area contributed by atoms with Crippen LogP contribution in [0.4, 0.5) is 0 Å². The zero-order valence-corrected chi connectivity index (χ0v) is 14.6. The quantitative estimate of drug-likeness (QED) is 0.867. The van der Waals surface area contributed by atoms with Gasteiger partial charge in [0.25, 0.3) is 0 Å². The third-order valence-corrected chi connectivity index (χ3v) is 4.66. The van der Waals surface area contributed by atoms with Crippen molar-refractivity contribution in [1.29, 1.82) is 0 Å². The van der Waals surface area contributed by atoms with Gasteiger partial charge in [0.2, 0.25) is 5.91 Å². The monoisotopic (exact) mass is 317 g/mol. The molecule has 2 rings (SSSR count). The van der Waals surface area contributed by atoms with Crippen LogP contribution in [0.15, 0.2) is 0 Å². The molecule has 0 unspecified atom stereocenters. The van der Waals surface area contributed by atoms with E-state index in [-0.39, 0.29) is 23.9 Å². The van der Waals surface area contributed by atoms with Gasteiger partial charge in [0.1, 0.15) is 0 Å². The molecule has 0 saturated carbocycles. The van der Waals surface area contributed by atoms with E-state index in [1.165, 1.54) is 12.8 Å². The highest BCUT2D eigenvalue weighted by Gasteiger charge is 2.31. The lowest BCUT2D eigenvalue weighted by Crippen LogP contribution is -2.50. The second kappa shape index (κ2) is 7.80. The lowest BCUT2D eigenvalue weighted by atomic mass is 9.92. The molecule has 1 amide bonds. The van der Waals surface area contributed by atoms with Crippen molar-refractivity contribution in [2.75, 3.05) is 32.7 Å². The van der Waals surface area contributed by atoms with Crippen molar-refractivity contribution in [2.45, 2.75) is 52.0 Å². The SMILES string of the molecule is CC1CCN(C(=O)C2CCN(CC(C)(C)N)CC2)CC1.Cl. The van der Waals surface area contributed by atoms with E-state index >= 15 is 0 Å². The molecule has 0 bridgehead atoms. The highest BCUT2D eigenvalue weighted by Crippen LogP contribution is 2.24. The molecule has 2 N–H and O–H groups in total. The summed E-state index contributed by atoms with van der Waals surface area (Å²) in [5.41, 5.74) is 5.93. The smallest absolute Gasteiger partial charge is 0.225 e. The molecule has 2 heterocycles. The Morgan fingerprint density at radius 2 is 1.62 bits per heavy atom. The van der Waals surface area contributed by atoms with Gasteiger partial charge in [0, 0.05) is 31.1 Å². The van der Waals surface area contributed by atoms with E-state index in [2.05, 4.69) is 30.6 Å². The molecule has 2 saturated heterocycles. The maximum atomic E-state index is 12.5. The molecule has 2 aliphatic heterocycles. The number of hydrogen-bond acceptors (Lipinski definition) is 3. The van der Waals surface area contributed by atoms with E-state index in [4.69, 9.17) is 5.73 Å². The van der Waals surface area contributed by atoms with Gasteiger partial charge in [-0.3, -0.25) is 4.79 Å². The molecule has 5 heteroatoms. The number of carbonyl (C=O) groups is 1. The van der Waals surface area contributed by atoms with Crippen LogP contribution in [0.3, 0.4) is 0 Å². The van der Waals surface area contributed by atoms with Crippen LogP contribution in [0.2, 0.25) is 0 Å². The first-order valence-electron chi connectivity index (χ1n) is 8.15. The van der Waals surface area contributed by atoms with Crippen molar-refractivity contribution in [2.24, 2.45) is 17.6 Å². The molecule has 0 radical (unpaired) electrons. The maximum absolute atomic E-state index is 12.5. The Balaban J connectivity index is 0.00000220. The van der Waals surface area contributed by atoms with Gasteiger partial charge < -0.3 is 15.5 Å². The molecule has 0 aromatic carbocycles. The fourth-order valence-corrected chi connectivity index (χ4v) is 3.40. The molecule has 2 aliphatic rings. The van der Waals surface area contributed by atoms with Crippen molar-refractivity contribution in [3.8, 4) is 0 Å². The van der Waals surface area contributed by atoms with Crippen LogP contribution < -0.4 is 5.73 Å². The van der Waals surface area contributed by atoms with Crippen LogP contribution >= 0.6 is 12.4 Å². The molecule has 0 atom stereocenters.